The van der Waals surface area contributed by atoms with Crippen LogP contribution in [0.4, 0.5) is 0 Å². The molecule has 4 atom stereocenters. The summed E-state index contributed by atoms with van der Waals surface area (Å²) in [5.41, 5.74) is 11.8. The molecule has 2 aliphatic heterocycles. The van der Waals surface area contributed by atoms with Crippen molar-refractivity contribution >= 4 is 5.78 Å². The lowest BCUT2D eigenvalue weighted by atomic mass is 9.85. The van der Waals surface area contributed by atoms with E-state index in [2.05, 4.69) is 141 Å². The molecule has 0 spiro atoms. The van der Waals surface area contributed by atoms with E-state index in [4.69, 9.17) is 9.47 Å². The number of hydrogen-bond donors (Lipinski definition) is 0. The Kier molecular flexibility index (Phi) is 12.3. The molecule has 0 saturated carbocycles. The van der Waals surface area contributed by atoms with Gasteiger partial charge in [0.2, 0.25) is 0 Å². The number of hydrogen-bond acceptors (Lipinski definition) is 11. The maximum atomic E-state index is 16.9. The number of morpholine rings is 2. The number of ketones is 1. The van der Waals surface area contributed by atoms with Gasteiger partial charge in [-0.25, -0.2) is 9.36 Å². The van der Waals surface area contributed by atoms with Crippen molar-refractivity contribution in [3.63, 3.8) is 0 Å². The normalized spacial score (nSPS) is 18.1. The topological polar surface area (TPSA) is 139 Å². The molecule has 4 aromatic heterocycles. The van der Waals surface area contributed by atoms with Crippen molar-refractivity contribution in [3.05, 3.63) is 179 Å². The molecule has 0 aliphatic carbocycles. The summed E-state index contributed by atoms with van der Waals surface area (Å²) in [5, 5.41) is 27.6. The van der Waals surface area contributed by atoms with E-state index in [1.807, 2.05) is 33.9 Å². The number of carbonyl (C=O) groups excluding carboxylic acids is 1. The van der Waals surface area contributed by atoms with Crippen LogP contribution in [0.1, 0.15) is 56.6 Å². The lowest BCUT2D eigenvalue weighted by molar-refractivity contribution is -0.138. The number of aryl methyl sites for hydroxylation is 4. The second-order valence-corrected chi connectivity index (χ2v) is 17.4. The fourth-order valence-electron chi connectivity index (χ4n) is 9.70. The van der Waals surface area contributed by atoms with Gasteiger partial charge in [0.15, 0.2) is 5.78 Å². The number of rotatable bonds is 14. The lowest BCUT2D eigenvalue weighted by Gasteiger charge is -2.46. The molecule has 66 heavy (non-hydrogen) atoms. The van der Waals surface area contributed by atoms with E-state index in [9.17, 15) is 0 Å². The highest BCUT2D eigenvalue weighted by Gasteiger charge is 2.45. The van der Waals surface area contributed by atoms with Crippen molar-refractivity contribution < 1.29 is 14.3 Å². The highest BCUT2D eigenvalue weighted by atomic mass is 16.5. The molecule has 336 valence electrons. The zero-order valence-electron chi connectivity index (χ0n) is 37.8. The van der Waals surface area contributed by atoms with E-state index in [0.29, 0.717) is 52.4 Å². The highest BCUT2D eigenvalue weighted by Crippen LogP contribution is 2.41. The molecule has 6 heterocycles. The van der Waals surface area contributed by atoms with Crippen molar-refractivity contribution in [2.24, 2.45) is 0 Å². The zero-order chi connectivity index (χ0) is 45.1. The van der Waals surface area contributed by atoms with Gasteiger partial charge < -0.3 is 9.47 Å². The van der Waals surface area contributed by atoms with Gasteiger partial charge in [-0.15, -0.1) is 0 Å². The van der Waals surface area contributed by atoms with Crippen LogP contribution < -0.4 is 0 Å². The molecule has 2 aliphatic rings. The summed E-state index contributed by atoms with van der Waals surface area (Å²) in [4.78, 5) is 25.0. The summed E-state index contributed by atoms with van der Waals surface area (Å²) in [6, 6.07) is 27.4. The van der Waals surface area contributed by atoms with Gasteiger partial charge in [-0.1, -0.05) is 36.4 Å². The van der Waals surface area contributed by atoms with Crippen LogP contribution in [0.25, 0.3) is 22.7 Å². The monoisotopic (exact) mass is 882 g/mol. The van der Waals surface area contributed by atoms with Crippen molar-refractivity contribution in [2.75, 3.05) is 39.5 Å². The van der Waals surface area contributed by atoms with Gasteiger partial charge in [-0.05, 0) is 122 Å². The molecule has 8 aromatic rings. The Labute approximate surface area is 384 Å². The van der Waals surface area contributed by atoms with Gasteiger partial charge in [0, 0.05) is 61.1 Å². The SMILES string of the molecule is Cc1ccc(C(C(=O)C(c2ccc(C)cc2-n2nccn2)N2CCOC[C@H]2Cc2cc(-n3cccn3)ccc2C)N2CCOC[C@H]2Cc2cc(-n3cccn3)ccc2C)c(-n2nccn2)c1. The van der Waals surface area contributed by atoms with Crippen molar-refractivity contribution in [2.45, 2.75) is 64.7 Å². The van der Waals surface area contributed by atoms with Crippen molar-refractivity contribution in [1.29, 1.82) is 0 Å². The molecule has 0 N–H and O–H groups in total. The summed E-state index contributed by atoms with van der Waals surface area (Å²) >= 11 is 0. The van der Waals surface area contributed by atoms with Gasteiger partial charge in [0.05, 0.1) is 86.0 Å². The van der Waals surface area contributed by atoms with Crippen LogP contribution >= 0.6 is 0 Å². The molecule has 2 fully saturated rings. The minimum atomic E-state index is -0.756. The third-order valence-electron chi connectivity index (χ3n) is 13.1. The molecule has 4 aromatic carbocycles. The molecule has 2 unspecified atom stereocenters. The van der Waals surface area contributed by atoms with Crippen LogP contribution in [0.5, 0.6) is 0 Å². The smallest absolute Gasteiger partial charge is 0.176 e. The molecule has 2 saturated heterocycles. The predicted octanol–water partition coefficient (Wildman–Crippen LogP) is 6.69. The van der Waals surface area contributed by atoms with Crippen LogP contribution in [0, 0.1) is 27.7 Å². The Hall–Kier alpha value is -6.91. The average Bonchev–Trinajstić information content (AvgIpc) is 4.20. The Morgan fingerprint density at radius 3 is 1.41 bits per heavy atom. The minimum absolute atomic E-state index is 0.0207. The van der Waals surface area contributed by atoms with Crippen LogP contribution in [-0.2, 0) is 27.1 Å². The first kappa shape index (κ1) is 43.0. The molecular formula is C51H54N12O3. The molecule has 15 nitrogen and oxygen atoms in total. The zero-order valence-corrected chi connectivity index (χ0v) is 37.8. The van der Waals surface area contributed by atoms with Gasteiger partial charge in [0.1, 0.15) is 0 Å². The van der Waals surface area contributed by atoms with E-state index in [1.165, 1.54) is 0 Å². The second kappa shape index (κ2) is 18.9. The van der Waals surface area contributed by atoms with E-state index < -0.39 is 12.1 Å². The molecular weight excluding hydrogens is 829 g/mol. The summed E-state index contributed by atoms with van der Waals surface area (Å²) in [6.45, 7) is 11.3. The number of Topliss-reactive ketones (excluding diaryl/α,β-unsaturated/α-hetero) is 1. The second-order valence-electron chi connectivity index (χ2n) is 17.4. The largest absolute Gasteiger partial charge is 0.378 e. The molecule has 0 amide bonds. The maximum Gasteiger partial charge on any atom is 0.176 e. The third-order valence-corrected chi connectivity index (χ3v) is 13.1. The Morgan fingerprint density at radius 1 is 0.561 bits per heavy atom. The quantitative estimate of drug-likeness (QED) is 0.116. The molecule has 0 bridgehead atoms. The Balaban J connectivity index is 1.14. The average molecular weight is 883 g/mol. The highest BCUT2D eigenvalue weighted by molar-refractivity contribution is 5.93. The Bertz CT molecular complexity index is 2700. The fourth-order valence-corrected chi connectivity index (χ4v) is 9.70. The third kappa shape index (κ3) is 8.77. The number of nitrogens with zero attached hydrogens (tertiary/aromatic N) is 12. The van der Waals surface area contributed by atoms with Crippen molar-refractivity contribution in [1.82, 2.24) is 59.3 Å². The van der Waals surface area contributed by atoms with Crippen molar-refractivity contribution in [3.8, 4) is 22.7 Å². The Morgan fingerprint density at radius 2 is 1.00 bits per heavy atom. The van der Waals surface area contributed by atoms with E-state index >= 15 is 4.79 Å². The van der Waals surface area contributed by atoms with Gasteiger partial charge >= 0.3 is 0 Å². The van der Waals surface area contributed by atoms with Crippen LogP contribution in [0.2, 0.25) is 0 Å². The summed E-state index contributed by atoms with van der Waals surface area (Å²) < 4.78 is 16.4. The lowest BCUT2D eigenvalue weighted by Crippen LogP contribution is -2.55. The number of carbonyl (C=O) groups is 1. The van der Waals surface area contributed by atoms with E-state index in [0.717, 1.165) is 67.3 Å². The molecule has 10 rings (SSSR count). The van der Waals surface area contributed by atoms with E-state index in [1.54, 1.807) is 46.8 Å². The van der Waals surface area contributed by atoms with Gasteiger partial charge in [-0.3, -0.25) is 14.6 Å². The van der Waals surface area contributed by atoms with Gasteiger partial charge in [0.25, 0.3) is 0 Å². The minimum Gasteiger partial charge on any atom is -0.378 e. The fraction of sp³-hybridized carbons (Fsp3) is 0.314. The first-order valence-electron chi connectivity index (χ1n) is 22.6. The summed E-state index contributed by atoms with van der Waals surface area (Å²) in [7, 11) is 0. The standard InChI is InChI=1S/C51H54N12O3/c1-35-7-13-45(47(27-35)62-54-17-18-55-62)49(58-23-25-65-33-43(58)31-39-29-41(11-9-37(39)3)60-21-5-15-52-60)51(64)50(46-14-8-36(2)28-48(46)63-56-19-20-57-63)59-24-26-66-34-44(59)32-40-30-42(12-10-38(40)4)61-22-6-16-53-61/h5-22,27-30,43-44,49-50H,23-26,31-34H2,1-4H3/t43-,44-,49?,50?/m1/s1. The van der Waals surface area contributed by atoms with Crippen LogP contribution in [0.3, 0.4) is 0 Å². The van der Waals surface area contributed by atoms with E-state index in [-0.39, 0.29) is 17.9 Å². The predicted molar refractivity (Wildman–Crippen MR) is 249 cm³/mol. The first-order valence-corrected chi connectivity index (χ1v) is 22.6. The summed E-state index contributed by atoms with van der Waals surface area (Å²) in [5.74, 6) is 0.0207. The maximum absolute atomic E-state index is 16.9. The number of aromatic nitrogens is 10. The van der Waals surface area contributed by atoms with Crippen LogP contribution in [0.15, 0.2) is 135 Å². The number of ether oxygens (including phenoxy) is 2. The molecule has 0 radical (unpaired) electrons. The number of benzene rings is 4. The molecule has 15 heteroatoms. The first-order chi connectivity index (χ1) is 32.3. The summed E-state index contributed by atoms with van der Waals surface area (Å²) in [6.07, 6.45) is 15.5. The van der Waals surface area contributed by atoms with Gasteiger partial charge in [-0.2, -0.15) is 40.2 Å². The van der Waals surface area contributed by atoms with Crippen LogP contribution in [-0.4, -0.2) is 117 Å².